The normalized spacial score (nSPS) is 24.1. The monoisotopic (exact) mass is 387 g/mol. The Bertz CT molecular complexity index is 775. The van der Waals surface area contributed by atoms with Gasteiger partial charge in [-0.1, -0.05) is 0 Å². The van der Waals surface area contributed by atoms with Crippen LogP contribution in [0.25, 0.3) is 0 Å². The molecule has 1 amide bonds. The van der Waals surface area contributed by atoms with Crippen LogP contribution in [0, 0.1) is 23.7 Å². The van der Waals surface area contributed by atoms with Crippen LogP contribution in [0.15, 0.2) is 6.07 Å². The van der Waals surface area contributed by atoms with Crippen molar-refractivity contribution in [1.29, 1.82) is 5.26 Å². The Morgan fingerprint density at radius 1 is 1.39 bits per heavy atom. The summed E-state index contributed by atoms with van der Waals surface area (Å²) in [6.45, 7) is 11.5. The molecule has 152 valence electrons. The van der Waals surface area contributed by atoms with Crippen molar-refractivity contribution >= 4 is 12.0 Å². The molecule has 2 aliphatic heterocycles. The van der Waals surface area contributed by atoms with Crippen LogP contribution in [-0.2, 0) is 9.47 Å². The lowest BCUT2D eigenvalue weighted by molar-refractivity contribution is 0.0434. The maximum absolute atomic E-state index is 12.3. The van der Waals surface area contributed by atoms with Gasteiger partial charge >= 0.3 is 6.09 Å². The fourth-order valence-electron chi connectivity index (χ4n) is 4.05. The summed E-state index contributed by atoms with van der Waals surface area (Å²) < 4.78 is 11.4. The Morgan fingerprint density at radius 2 is 2.07 bits per heavy atom. The molecule has 0 saturated carbocycles. The number of hydrogen-bond acceptors (Lipinski definition) is 7. The van der Waals surface area contributed by atoms with Crippen LogP contribution in [-0.4, -0.2) is 53.5 Å². The number of nitriles is 1. The molecule has 28 heavy (non-hydrogen) atoms. The number of alkyl carbamates (subject to hydrolysis) is 1. The van der Waals surface area contributed by atoms with E-state index in [9.17, 15) is 4.79 Å². The molecule has 2 atom stereocenters. The summed E-state index contributed by atoms with van der Waals surface area (Å²) in [7, 11) is 0. The highest BCUT2D eigenvalue weighted by Gasteiger charge is 2.50. The zero-order chi connectivity index (χ0) is 20.5. The van der Waals surface area contributed by atoms with Crippen LogP contribution in [0.5, 0.6) is 0 Å². The summed E-state index contributed by atoms with van der Waals surface area (Å²) >= 11 is 0. The molecule has 0 unspecified atom stereocenters. The van der Waals surface area contributed by atoms with Gasteiger partial charge in [0.05, 0.1) is 18.8 Å². The lowest BCUT2D eigenvalue weighted by Crippen LogP contribution is -2.55. The molecule has 0 bridgehead atoms. The molecule has 2 fully saturated rings. The maximum atomic E-state index is 12.3. The van der Waals surface area contributed by atoms with E-state index in [1.165, 1.54) is 0 Å². The standard InChI is InChI=1S/C20H29N5O3/c1-13-10-15(11-21)23-17(22-13)25-8-6-20(7-9-25)12-27-14(2)16(20)24-18(26)28-19(3,4)5/h10,14,16H,6-9,12H2,1-5H3,(H,24,26)/t14-,16+/m0/s1. The Morgan fingerprint density at radius 3 is 2.68 bits per heavy atom. The van der Waals surface area contributed by atoms with E-state index < -0.39 is 11.7 Å². The smallest absolute Gasteiger partial charge is 0.407 e. The summed E-state index contributed by atoms with van der Waals surface area (Å²) in [4.78, 5) is 23.3. The maximum Gasteiger partial charge on any atom is 0.407 e. The Balaban J connectivity index is 1.70. The van der Waals surface area contributed by atoms with Gasteiger partial charge in [-0.15, -0.1) is 0 Å². The molecule has 2 saturated heterocycles. The molecule has 3 rings (SSSR count). The topological polar surface area (TPSA) is 100 Å². The second kappa shape index (κ2) is 7.55. The van der Waals surface area contributed by atoms with E-state index in [0.717, 1.165) is 31.6 Å². The van der Waals surface area contributed by atoms with E-state index >= 15 is 0 Å². The summed E-state index contributed by atoms with van der Waals surface area (Å²) in [6.07, 6.45) is 1.21. The molecule has 1 spiro atoms. The van der Waals surface area contributed by atoms with Crippen LogP contribution < -0.4 is 10.2 Å². The van der Waals surface area contributed by atoms with E-state index in [-0.39, 0.29) is 17.6 Å². The largest absolute Gasteiger partial charge is 0.444 e. The summed E-state index contributed by atoms with van der Waals surface area (Å²) in [5.41, 5.74) is 0.494. The molecule has 0 radical (unpaired) electrons. The van der Waals surface area contributed by atoms with Gasteiger partial charge in [0.25, 0.3) is 0 Å². The lowest BCUT2D eigenvalue weighted by Gasteiger charge is -2.42. The zero-order valence-electron chi connectivity index (χ0n) is 17.3. The highest BCUT2D eigenvalue weighted by molar-refractivity contribution is 5.68. The zero-order valence-corrected chi connectivity index (χ0v) is 17.3. The average molecular weight is 387 g/mol. The highest BCUT2D eigenvalue weighted by Crippen LogP contribution is 2.42. The molecule has 1 aromatic rings. The molecule has 3 heterocycles. The first-order valence-electron chi connectivity index (χ1n) is 9.74. The third kappa shape index (κ3) is 4.36. The molecule has 8 heteroatoms. The molecule has 1 aromatic heterocycles. The molecule has 1 N–H and O–H groups in total. The van der Waals surface area contributed by atoms with Crippen molar-refractivity contribution in [1.82, 2.24) is 15.3 Å². The van der Waals surface area contributed by atoms with Crippen LogP contribution in [0.4, 0.5) is 10.7 Å². The third-order valence-corrected chi connectivity index (χ3v) is 5.43. The fraction of sp³-hybridized carbons (Fsp3) is 0.700. The van der Waals surface area contributed by atoms with Crippen molar-refractivity contribution in [2.24, 2.45) is 5.41 Å². The number of carbonyl (C=O) groups is 1. The Kier molecular flexibility index (Phi) is 5.48. The number of nitrogens with zero attached hydrogens (tertiary/aromatic N) is 4. The van der Waals surface area contributed by atoms with Gasteiger partial charge in [-0.3, -0.25) is 0 Å². The van der Waals surface area contributed by atoms with Crippen molar-refractivity contribution in [2.45, 2.75) is 65.2 Å². The van der Waals surface area contributed by atoms with E-state index in [2.05, 4.69) is 26.3 Å². The highest BCUT2D eigenvalue weighted by atomic mass is 16.6. The SMILES string of the molecule is Cc1cc(C#N)nc(N2CCC3(CC2)CO[C@@H](C)[C@H]3NC(=O)OC(C)(C)C)n1. The number of anilines is 1. The van der Waals surface area contributed by atoms with Crippen molar-refractivity contribution in [3.05, 3.63) is 17.5 Å². The average Bonchev–Trinajstić information content (AvgIpc) is 2.90. The number of nitrogens with one attached hydrogen (secondary N) is 1. The van der Waals surface area contributed by atoms with Gasteiger partial charge in [0.1, 0.15) is 17.4 Å². The number of rotatable bonds is 2. The summed E-state index contributed by atoms with van der Waals surface area (Å²) in [5.74, 6) is 0.593. The Hall–Kier alpha value is -2.40. The number of aromatic nitrogens is 2. The predicted octanol–water partition coefficient (Wildman–Crippen LogP) is 2.56. The van der Waals surface area contributed by atoms with Gasteiger partial charge in [-0.2, -0.15) is 5.26 Å². The number of hydrogen-bond donors (Lipinski definition) is 1. The van der Waals surface area contributed by atoms with Crippen molar-refractivity contribution < 1.29 is 14.3 Å². The van der Waals surface area contributed by atoms with E-state index in [4.69, 9.17) is 14.7 Å². The number of ether oxygens (including phenoxy) is 2. The van der Waals surface area contributed by atoms with Gasteiger partial charge in [0.15, 0.2) is 0 Å². The van der Waals surface area contributed by atoms with Gasteiger partial charge in [-0.25, -0.2) is 14.8 Å². The number of carbonyl (C=O) groups excluding carboxylic acids is 1. The molecule has 8 nitrogen and oxygen atoms in total. The van der Waals surface area contributed by atoms with Gasteiger partial charge in [-0.05, 0) is 53.5 Å². The van der Waals surface area contributed by atoms with Crippen LogP contribution in [0.1, 0.15) is 51.9 Å². The van der Waals surface area contributed by atoms with Gasteiger partial charge < -0.3 is 19.7 Å². The first kappa shape index (κ1) is 20.3. The first-order valence-corrected chi connectivity index (χ1v) is 9.74. The minimum atomic E-state index is -0.537. The van der Waals surface area contributed by atoms with Crippen LogP contribution in [0.3, 0.4) is 0 Å². The summed E-state index contributed by atoms with van der Waals surface area (Å²) in [6, 6.07) is 3.67. The minimum Gasteiger partial charge on any atom is -0.444 e. The van der Waals surface area contributed by atoms with Crippen molar-refractivity contribution in [3.63, 3.8) is 0 Å². The van der Waals surface area contributed by atoms with Gasteiger partial charge in [0, 0.05) is 24.2 Å². The van der Waals surface area contributed by atoms with Crippen molar-refractivity contribution in [3.8, 4) is 6.07 Å². The second-order valence-corrected chi connectivity index (χ2v) is 8.80. The number of piperidine rings is 1. The van der Waals surface area contributed by atoms with E-state index in [0.29, 0.717) is 18.2 Å². The van der Waals surface area contributed by atoms with Crippen LogP contribution in [0.2, 0.25) is 0 Å². The van der Waals surface area contributed by atoms with Gasteiger partial charge in [0.2, 0.25) is 5.95 Å². The lowest BCUT2D eigenvalue weighted by atomic mass is 9.73. The van der Waals surface area contributed by atoms with E-state index in [1.807, 2.05) is 34.6 Å². The number of amides is 1. The van der Waals surface area contributed by atoms with Crippen molar-refractivity contribution in [2.75, 3.05) is 24.6 Å². The molecule has 0 aromatic carbocycles. The second-order valence-electron chi connectivity index (χ2n) is 8.80. The predicted molar refractivity (Wildman–Crippen MR) is 104 cm³/mol. The molecule has 2 aliphatic rings. The van der Waals surface area contributed by atoms with Crippen LogP contribution >= 0.6 is 0 Å². The fourth-order valence-corrected chi connectivity index (χ4v) is 4.05. The van der Waals surface area contributed by atoms with E-state index in [1.54, 1.807) is 6.07 Å². The molecular weight excluding hydrogens is 358 g/mol. The minimum absolute atomic E-state index is 0.0699. The Labute approximate surface area is 166 Å². The molecule has 0 aliphatic carbocycles. The number of aryl methyl sites for hydroxylation is 1. The first-order chi connectivity index (χ1) is 13.1. The summed E-state index contributed by atoms with van der Waals surface area (Å²) in [5, 5.41) is 12.2. The quantitative estimate of drug-likeness (QED) is 0.832. The third-order valence-electron chi connectivity index (χ3n) is 5.43. The molecular formula is C20H29N5O3.